The van der Waals surface area contributed by atoms with Crippen LogP contribution >= 0.6 is 0 Å². The third-order valence-corrected chi connectivity index (χ3v) is 2.04. The van der Waals surface area contributed by atoms with Gasteiger partial charge >= 0.3 is 0 Å². The molecule has 5 heteroatoms. The van der Waals surface area contributed by atoms with E-state index in [1.807, 2.05) is 27.1 Å². The van der Waals surface area contributed by atoms with Crippen molar-refractivity contribution >= 4 is 5.82 Å². The van der Waals surface area contributed by atoms with E-state index in [9.17, 15) is 0 Å². The summed E-state index contributed by atoms with van der Waals surface area (Å²) in [5.41, 5.74) is 0.964. The Morgan fingerprint density at radius 2 is 2.12 bits per heavy atom. The zero-order chi connectivity index (χ0) is 11.8. The van der Waals surface area contributed by atoms with Crippen LogP contribution in [0.15, 0.2) is 12.4 Å². The van der Waals surface area contributed by atoms with Crippen LogP contribution < -0.4 is 5.32 Å². The molecule has 0 fully saturated rings. The van der Waals surface area contributed by atoms with Crippen LogP contribution in [-0.2, 0) is 4.74 Å². The van der Waals surface area contributed by atoms with E-state index < -0.39 is 0 Å². The topological polar surface area (TPSA) is 50.3 Å². The Balaban J connectivity index is 2.07. The van der Waals surface area contributed by atoms with Crippen LogP contribution in [0.5, 0.6) is 0 Å². The molecule has 5 nitrogen and oxygen atoms in total. The SMILES string of the molecule is Cc1cc(NCCOCCN(C)C)ncn1. The van der Waals surface area contributed by atoms with E-state index in [1.54, 1.807) is 6.33 Å². The molecule has 1 heterocycles. The van der Waals surface area contributed by atoms with Crippen molar-refractivity contribution in [1.29, 1.82) is 0 Å². The molecule has 1 aromatic rings. The van der Waals surface area contributed by atoms with Crippen molar-refractivity contribution < 1.29 is 4.74 Å². The van der Waals surface area contributed by atoms with Gasteiger partial charge in [-0.05, 0) is 21.0 Å². The molecule has 1 N–H and O–H groups in total. The highest BCUT2D eigenvalue weighted by Crippen LogP contribution is 2.01. The number of nitrogens with zero attached hydrogens (tertiary/aromatic N) is 3. The highest BCUT2D eigenvalue weighted by Gasteiger charge is 1.94. The van der Waals surface area contributed by atoms with E-state index in [0.717, 1.165) is 31.2 Å². The monoisotopic (exact) mass is 224 g/mol. The van der Waals surface area contributed by atoms with Gasteiger partial charge in [-0.15, -0.1) is 0 Å². The maximum Gasteiger partial charge on any atom is 0.129 e. The summed E-state index contributed by atoms with van der Waals surface area (Å²) in [7, 11) is 4.07. The van der Waals surface area contributed by atoms with Crippen LogP contribution in [-0.4, -0.2) is 55.3 Å². The van der Waals surface area contributed by atoms with Gasteiger partial charge in [-0.25, -0.2) is 9.97 Å². The van der Waals surface area contributed by atoms with Gasteiger partial charge in [-0.3, -0.25) is 0 Å². The second-order valence-electron chi connectivity index (χ2n) is 3.89. The van der Waals surface area contributed by atoms with Gasteiger partial charge in [0.1, 0.15) is 12.1 Å². The second-order valence-corrected chi connectivity index (χ2v) is 3.89. The lowest BCUT2D eigenvalue weighted by atomic mass is 10.4. The van der Waals surface area contributed by atoms with Crippen molar-refractivity contribution in [3.63, 3.8) is 0 Å². The van der Waals surface area contributed by atoms with Crippen molar-refractivity contribution in [3.05, 3.63) is 18.1 Å². The van der Waals surface area contributed by atoms with E-state index in [0.29, 0.717) is 6.61 Å². The molecule has 0 saturated heterocycles. The predicted molar refractivity (Wildman–Crippen MR) is 64.6 cm³/mol. The van der Waals surface area contributed by atoms with Gasteiger partial charge in [0.2, 0.25) is 0 Å². The summed E-state index contributed by atoms with van der Waals surface area (Å²) >= 11 is 0. The summed E-state index contributed by atoms with van der Waals surface area (Å²) < 4.78 is 5.45. The summed E-state index contributed by atoms with van der Waals surface area (Å²) in [5.74, 6) is 0.851. The summed E-state index contributed by atoms with van der Waals surface area (Å²) in [6.07, 6.45) is 1.56. The normalized spacial score (nSPS) is 10.8. The minimum Gasteiger partial charge on any atom is -0.378 e. The first kappa shape index (κ1) is 12.9. The van der Waals surface area contributed by atoms with Crippen molar-refractivity contribution in [3.8, 4) is 0 Å². The molecule has 0 unspecified atom stereocenters. The largest absolute Gasteiger partial charge is 0.378 e. The van der Waals surface area contributed by atoms with Crippen LogP contribution in [0, 0.1) is 6.92 Å². The molecule has 0 spiro atoms. The molecule has 0 bridgehead atoms. The highest BCUT2D eigenvalue weighted by molar-refractivity contribution is 5.34. The minimum atomic E-state index is 0.691. The van der Waals surface area contributed by atoms with Gasteiger partial charge in [0, 0.05) is 24.8 Å². The molecule has 0 atom stereocenters. The molecule has 0 aliphatic heterocycles. The summed E-state index contributed by atoms with van der Waals surface area (Å²) in [4.78, 5) is 10.2. The van der Waals surface area contributed by atoms with Gasteiger partial charge in [0.15, 0.2) is 0 Å². The molecule has 0 aliphatic carbocycles. The lowest BCUT2D eigenvalue weighted by molar-refractivity contribution is 0.126. The van der Waals surface area contributed by atoms with Crippen LogP contribution in [0.2, 0.25) is 0 Å². The predicted octanol–water partition coefficient (Wildman–Crippen LogP) is 0.775. The molecule has 0 aromatic carbocycles. The van der Waals surface area contributed by atoms with Crippen molar-refractivity contribution in [2.75, 3.05) is 45.7 Å². The van der Waals surface area contributed by atoms with Gasteiger partial charge in [-0.2, -0.15) is 0 Å². The van der Waals surface area contributed by atoms with Gasteiger partial charge < -0.3 is 15.0 Å². The first-order valence-corrected chi connectivity index (χ1v) is 5.43. The summed E-state index contributed by atoms with van der Waals surface area (Å²) in [6, 6.07) is 1.92. The Bertz CT molecular complexity index is 304. The van der Waals surface area contributed by atoms with E-state index in [4.69, 9.17) is 4.74 Å². The van der Waals surface area contributed by atoms with E-state index in [1.165, 1.54) is 0 Å². The molecule has 0 radical (unpaired) electrons. The number of hydrogen-bond donors (Lipinski definition) is 1. The van der Waals surface area contributed by atoms with Crippen molar-refractivity contribution in [1.82, 2.24) is 14.9 Å². The maximum atomic E-state index is 5.45. The number of aromatic nitrogens is 2. The maximum absolute atomic E-state index is 5.45. The van der Waals surface area contributed by atoms with E-state index in [-0.39, 0.29) is 0 Å². The first-order chi connectivity index (χ1) is 7.68. The highest BCUT2D eigenvalue weighted by atomic mass is 16.5. The molecule has 0 amide bonds. The molecular formula is C11H20N4O. The fourth-order valence-electron chi connectivity index (χ4n) is 1.15. The molecule has 0 saturated carbocycles. The number of nitrogens with one attached hydrogen (secondary N) is 1. The fourth-order valence-corrected chi connectivity index (χ4v) is 1.15. The molecule has 90 valence electrons. The Morgan fingerprint density at radius 1 is 1.31 bits per heavy atom. The Labute approximate surface area is 96.8 Å². The molecule has 0 aliphatic rings. The van der Waals surface area contributed by atoms with Crippen molar-refractivity contribution in [2.45, 2.75) is 6.92 Å². The van der Waals surface area contributed by atoms with Gasteiger partial charge in [0.05, 0.1) is 13.2 Å². The van der Waals surface area contributed by atoms with E-state index >= 15 is 0 Å². The average molecular weight is 224 g/mol. The summed E-state index contributed by atoms with van der Waals surface area (Å²) in [5, 5.41) is 3.18. The zero-order valence-electron chi connectivity index (χ0n) is 10.2. The summed E-state index contributed by atoms with van der Waals surface area (Å²) in [6.45, 7) is 5.12. The Morgan fingerprint density at radius 3 is 2.81 bits per heavy atom. The number of likely N-dealkylation sites (N-methyl/N-ethyl adjacent to an activating group) is 1. The third-order valence-electron chi connectivity index (χ3n) is 2.04. The molecular weight excluding hydrogens is 204 g/mol. The molecule has 1 rings (SSSR count). The number of aryl methyl sites for hydroxylation is 1. The van der Waals surface area contributed by atoms with Gasteiger partial charge in [-0.1, -0.05) is 0 Å². The van der Waals surface area contributed by atoms with Crippen molar-refractivity contribution in [2.24, 2.45) is 0 Å². The second kappa shape index (κ2) is 7.14. The number of rotatable bonds is 7. The number of ether oxygens (including phenoxy) is 1. The van der Waals surface area contributed by atoms with E-state index in [2.05, 4.69) is 20.2 Å². The smallest absolute Gasteiger partial charge is 0.129 e. The van der Waals surface area contributed by atoms with Crippen LogP contribution in [0.4, 0.5) is 5.82 Å². The van der Waals surface area contributed by atoms with Crippen LogP contribution in [0.1, 0.15) is 5.69 Å². The van der Waals surface area contributed by atoms with Crippen LogP contribution in [0.25, 0.3) is 0 Å². The Hall–Kier alpha value is -1.20. The first-order valence-electron chi connectivity index (χ1n) is 5.43. The minimum absolute atomic E-state index is 0.691. The zero-order valence-corrected chi connectivity index (χ0v) is 10.2. The third kappa shape index (κ3) is 5.63. The van der Waals surface area contributed by atoms with Crippen LogP contribution in [0.3, 0.4) is 0 Å². The molecule has 16 heavy (non-hydrogen) atoms. The average Bonchev–Trinajstić information content (AvgIpc) is 2.23. The number of hydrogen-bond acceptors (Lipinski definition) is 5. The quantitative estimate of drug-likeness (QED) is 0.693. The fraction of sp³-hybridized carbons (Fsp3) is 0.636. The lowest BCUT2D eigenvalue weighted by Crippen LogP contribution is -2.20. The number of anilines is 1. The van der Waals surface area contributed by atoms with Gasteiger partial charge in [0.25, 0.3) is 0 Å². The molecule has 1 aromatic heterocycles. The lowest BCUT2D eigenvalue weighted by Gasteiger charge is -2.10. The standard InChI is InChI=1S/C11H20N4O/c1-10-8-11(14-9-13-10)12-4-6-16-7-5-15(2)3/h8-9H,4-7H2,1-3H3,(H,12,13,14). The Kier molecular flexibility index (Phi) is 5.74.